The van der Waals surface area contributed by atoms with E-state index in [9.17, 15) is 9.59 Å². The second-order valence-electron chi connectivity index (χ2n) is 6.69. The molecule has 27 heavy (non-hydrogen) atoms. The maximum atomic E-state index is 12.6. The van der Waals surface area contributed by atoms with E-state index in [4.69, 9.17) is 4.74 Å². The first-order valence-corrected chi connectivity index (χ1v) is 9.01. The Morgan fingerprint density at radius 1 is 1.26 bits per heavy atom. The van der Waals surface area contributed by atoms with Crippen molar-refractivity contribution in [2.24, 2.45) is 5.41 Å². The number of ether oxygens (including phenoxy) is 1. The second-order valence-corrected chi connectivity index (χ2v) is 6.69. The zero-order valence-corrected chi connectivity index (χ0v) is 15.4. The first kappa shape index (κ1) is 19.1. The van der Waals surface area contributed by atoms with Crippen molar-refractivity contribution in [1.29, 1.82) is 0 Å². The molecule has 0 radical (unpaired) electrons. The third-order valence-electron chi connectivity index (χ3n) is 4.79. The fourth-order valence-electron chi connectivity index (χ4n) is 3.29. The molecule has 0 spiro atoms. The SMILES string of the molecule is COCC1(C(=O)NCC(=O)Nc2ccc(-n3cccn3)cc2)CCNCC1. The molecule has 3 N–H and O–H groups in total. The second kappa shape index (κ2) is 8.79. The highest BCUT2D eigenvalue weighted by molar-refractivity contribution is 5.95. The minimum atomic E-state index is -0.564. The highest BCUT2D eigenvalue weighted by Crippen LogP contribution is 2.29. The number of hydrogen-bond acceptors (Lipinski definition) is 5. The van der Waals surface area contributed by atoms with E-state index in [1.165, 1.54) is 0 Å². The van der Waals surface area contributed by atoms with E-state index in [1.54, 1.807) is 30.1 Å². The molecule has 2 aromatic rings. The lowest BCUT2D eigenvalue weighted by Crippen LogP contribution is -2.51. The van der Waals surface area contributed by atoms with Crippen LogP contribution in [0.5, 0.6) is 0 Å². The van der Waals surface area contributed by atoms with E-state index < -0.39 is 5.41 Å². The summed E-state index contributed by atoms with van der Waals surface area (Å²) in [6.45, 7) is 1.83. The van der Waals surface area contributed by atoms with Crippen LogP contribution in [0.1, 0.15) is 12.8 Å². The van der Waals surface area contributed by atoms with Crippen LogP contribution < -0.4 is 16.0 Å². The molecule has 8 heteroatoms. The summed E-state index contributed by atoms with van der Waals surface area (Å²) < 4.78 is 6.99. The van der Waals surface area contributed by atoms with Crippen molar-refractivity contribution in [3.8, 4) is 5.69 Å². The number of carbonyl (C=O) groups excluding carboxylic acids is 2. The number of benzene rings is 1. The largest absolute Gasteiger partial charge is 0.384 e. The van der Waals surface area contributed by atoms with Gasteiger partial charge in [0.2, 0.25) is 11.8 Å². The molecule has 2 amide bonds. The molecule has 1 saturated heterocycles. The first-order valence-electron chi connectivity index (χ1n) is 9.01. The Bertz CT molecular complexity index is 747. The Hall–Kier alpha value is -2.71. The van der Waals surface area contributed by atoms with Gasteiger partial charge in [0.1, 0.15) is 0 Å². The number of amides is 2. The van der Waals surface area contributed by atoms with Gasteiger partial charge in [-0.1, -0.05) is 0 Å². The molecule has 1 aromatic carbocycles. The standard InChI is InChI=1S/C19H25N5O3/c1-27-14-19(7-10-20-11-8-19)18(26)21-13-17(25)23-15-3-5-16(6-4-15)24-12-2-9-22-24/h2-6,9,12,20H,7-8,10-11,13-14H2,1H3,(H,21,26)(H,23,25). The van der Waals surface area contributed by atoms with E-state index in [0.29, 0.717) is 25.1 Å². The molecule has 144 valence electrons. The van der Waals surface area contributed by atoms with Crippen molar-refractivity contribution < 1.29 is 14.3 Å². The first-order chi connectivity index (χ1) is 13.1. The Balaban J connectivity index is 1.52. The third kappa shape index (κ3) is 4.72. The van der Waals surface area contributed by atoms with Crippen molar-refractivity contribution in [3.05, 3.63) is 42.7 Å². The van der Waals surface area contributed by atoms with E-state index in [-0.39, 0.29) is 18.4 Å². The monoisotopic (exact) mass is 371 g/mol. The van der Waals surface area contributed by atoms with Gasteiger partial charge in [0.05, 0.1) is 24.3 Å². The number of nitrogens with one attached hydrogen (secondary N) is 3. The summed E-state index contributed by atoms with van der Waals surface area (Å²) in [5.41, 5.74) is 1.00. The number of rotatable bonds is 7. The van der Waals surface area contributed by atoms with E-state index >= 15 is 0 Å². The molecule has 0 bridgehead atoms. The van der Waals surface area contributed by atoms with Crippen LogP contribution in [0.2, 0.25) is 0 Å². The normalized spacial score (nSPS) is 15.9. The van der Waals surface area contributed by atoms with E-state index in [2.05, 4.69) is 21.0 Å². The molecule has 0 unspecified atom stereocenters. The fraction of sp³-hybridized carbons (Fsp3) is 0.421. The smallest absolute Gasteiger partial charge is 0.243 e. The third-order valence-corrected chi connectivity index (χ3v) is 4.79. The van der Waals surface area contributed by atoms with Crippen LogP contribution in [0.4, 0.5) is 5.69 Å². The van der Waals surface area contributed by atoms with Crippen molar-refractivity contribution in [3.63, 3.8) is 0 Å². The number of nitrogens with zero attached hydrogens (tertiary/aromatic N) is 2. The number of aromatic nitrogens is 2. The number of hydrogen-bond donors (Lipinski definition) is 3. The Morgan fingerprint density at radius 3 is 2.63 bits per heavy atom. The molecule has 0 aliphatic carbocycles. The highest BCUT2D eigenvalue weighted by Gasteiger charge is 2.39. The quantitative estimate of drug-likeness (QED) is 0.673. The van der Waals surface area contributed by atoms with Crippen molar-refractivity contribution in [2.45, 2.75) is 12.8 Å². The number of methoxy groups -OCH3 is 1. The lowest BCUT2D eigenvalue weighted by atomic mass is 9.78. The molecular weight excluding hydrogens is 346 g/mol. The van der Waals surface area contributed by atoms with Gasteiger partial charge >= 0.3 is 0 Å². The van der Waals surface area contributed by atoms with Gasteiger partial charge in [-0.15, -0.1) is 0 Å². The van der Waals surface area contributed by atoms with Crippen LogP contribution in [-0.4, -0.2) is 54.9 Å². The minimum Gasteiger partial charge on any atom is -0.384 e. The summed E-state index contributed by atoms with van der Waals surface area (Å²) in [6, 6.07) is 9.18. The van der Waals surface area contributed by atoms with Gasteiger partial charge in [-0.05, 0) is 56.3 Å². The van der Waals surface area contributed by atoms with Crippen molar-refractivity contribution >= 4 is 17.5 Å². The summed E-state index contributed by atoms with van der Waals surface area (Å²) in [5.74, 6) is -0.397. The Morgan fingerprint density at radius 2 is 2.00 bits per heavy atom. The van der Waals surface area contributed by atoms with Crippen LogP contribution in [0, 0.1) is 5.41 Å². The van der Waals surface area contributed by atoms with E-state index in [1.807, 2.05) is 24.4 Å². The lowest BCUT2D eigenvalue weighted by molar-refractivity contribution is -0.137. The summed E-state index contributed by atoms with van der Waals surface area (Å²) in [5, 5.41) is 13.0. The van der Waals surface area contributed by atoms with Crippen molar-refractivity contribution in [2.75, 3.05) is 38.7 Å². The number of carbonyl (C=O) groups is 2. The van der Waals surface area contributed by atoms with Gasteiger partial charge in [-0.3, -0.25) is 9.59 Å². The molecule has 1 aromatic heterocycles. The number of piperidine rings is 1. The summed E-state index contributed by atoms with van der Waals surface area (Å²) >= 11 is 0. The minimum absolute atomic E-state index is 0.0708. The van der Waals surface area contributed by atoms with Crippen LogP contribution in [0.15, 0.2) is 42.7 Å². The summed E-state index contributed by atoms with van der Waals surface area (Å²) in [6.07, 6.45) is 4.95. The summed E-state index contributed by atoms with van der Waals surface area (Å²) in [4.78, 5) is 24.8. The Labute approximate surface area is 158 Å². The highest BCUT2D eigenvalue weighted by atomic mass is 16.5. The maximum Gasteiger partial charge on any atom is 0.243 e. The lowest BCUT2D eigenvalue weighted by Gasteiger charge is -2.35. The predicted molar refractivity (Wildman–Crippen MR) is 102 cm³/mol. The van der Waals surface area contributed by atoms with Crippen LogP contribution >= 0.6 is 0 Å². The van der Waals surface area contributed by atoms with Crippen LogP contribution in [0.25, 0.3) is 5.69 Å². The molecule has 1 aliphatic rings. The molecular formula is C19H25N5O3. The molecule has 1 fully saturated rings. The van der Waals surface area contributed by atoms with Crippen LogP contribution in [0.3, 0.4) is 0 Å². The Kier molecular flexibility index (Phi) is 6.20. The average molecular weight is 371 g/mol. The van der Waals surface area contributed by atoms with Gasteiger partial charge in [0.15, 0.2) is 0 Å². The predicted octanol–water partition coefficient (Wildman–Crippen LogP) is 0.943. The van der Waals surface area contributed by atoms with Gasteiger partial charge < -0.3 is 20.7 Å². The fourth-order valence-corrected chi connectivity index (χ4v) is 3.29. The van der Waals surface area contributed by atoms with Gasteiger partial charge in [-0.2, -0.15) is 5.10 Å². The average Bonchev–Trinajstić information content (AvgIpc) is 3.22. The molecule has 8 nitrogen and oxygen atoms in total. The molecule has 2 heterocycles. The van der Waals surface area contributed by atoms with Gasteiger partial charge in [-0.25, -0.2) is 4.68 Å². The van der Waals surface area contributed by atoms with Crippen molar-refractivity contribution in [1.82, 2.24) is 20.4 Å². The van der Waals surface area contributed by atoms with E-state index in [0.717, 1.165) is 18.8 Å². The zero-order valence-electron chi connectivity index (χ0n) is 15.4. The zero-order chi connectivity index (χ0) is 19.1. The van der Waals surface area contributed by atoms with Gasteiger partial charge in [0.25, 0.3) is 0 Å². The summed E-state index contributed by atoms with van der Waals surface area (Å²) in [7, 11) is 1.59. The molecule has 1 aliphatic heterocycles. The topological polar surface area (TPSA) is 97.3 Å². The molecule has 0 saturated carbocycles. The van der Waals surface area contributed by atoms with Crippen LogP contribution in [-0.2, 0) is 14.3 Å². The van der Waals surface area contributed by atoms with Gasteiger partial charge in [0, 0.05) is 25.2 Å². The maximum absolute atomic E-state index is 12.6. The molecule has 0 atom stereocenters. The molecule has 3 rings (SSSR count). The number of anilines is 1.